The molecule has 0 amide bonds. The Bertz CT molecular complexity index is 472. The van der Waals surface area contributed by atoms with Gasteiger partial charge in [-0.25, -0.2) is 0 Å². The highest BCUT2D eigenvalue weighted by atomic mass is 15.3. The second kappa shape index (κ2) is 5.10. The van der Waals surface area contributed by atoms with E-state index in [2.05, 4.69) is 28.4 Å². The van der Waals surface area contributed by atoms with E-state index < -0.39 is 0 Å². The zero-order valence-corrected chi connectivity index (χ0v) is 10.5. The molecule has 0 radical (unpaired) electrons. The lowest BCUT2D eigenvalue weighted by molar-refractivity contribution is 0.529. The Morgan fingerprint density at radius 3 is 2.76 bits per heavy atom. The van der Waals surface area contributed by atoms with E-state index in [0.29, 0.717) is 0 Å². The maximum Gasteiger partial charge on any atom is 0.0547 e. The van der Waals surface area contributed by atoms with Crippen molar-refractivity contribution in [2.45, 2.75) is 26.4 Å². The van der Waals surface area contributed by atoms with Crippen LogP contribution in [-0.2, 0) is 13.6 Å². The number of nitrogens with zero attached hydrogens (tertiary/aromatic N) is 3. The molecule has 2 aromatic heterocycles. The molecule has 17 heavy (non-hydrogen) atoms. The predicted molar refractivity (Wildman–Crippen MR) is 67.4 cm³/mol. The Morgan fingerprint density at radius 2 is 2.18 bits per heavy atom. The summed E-state index contributed by atoms with van der Waals surface area (Å²) in [6.45, 7) is 4.95. The van der Waals surface area contributed by atoms with E-state index in [1.165, 1.54) is 11.3 Å². The number of nitrogens with one attached hydrogen (secondary N) is 1. The third kappa shape index (κ3) is 2.91. The summed E-state index contributed by atoms with van der Waals surface area (Å²) >= 11 is 0. The van der Waals surface area contributed by atoms with Gasteiger partial charge in [-0.05, 0) is 31.5 Å². The van der Waals surface area contributed by atoms with E-state index in [1.54, 1.807) is 0 Å². The molecule has 2 heterocycles. The smallest absolute Gasteiger partial charge is 0.0547 e. The fourth-order valence-electron chi connectivity index (χ4n) is 1.79. The zero-order valence-electron chi connectivity index (χ0n) is 10.5. The first-order chi connectivity index (χ1) is 8.16. The Kier molecular flexibility index (Phi) is 3.54. The molecule has 0 bridgehead atoms. The van der Waals surface area contributed by atoms with Crippen LogP contribution < -0.4 is 5.32 Å². The van der Waals surface area contributed by atoms with Crippen LogP contribution in [0.25, 0.3) is 0 Å². The van der Waals surface area contributed by atoms with E-state index in [-0.39, 0.29) is 6.04 Å². The molecule has 0 fully saturated rings. The van der Waals surface area contributed by atoms with Crippen molar-refractivity contribution in [1.29, 1.82) is 0 Å². The van der Waals surface area contributed by atoms with Crippen molar-refractivity contribution in [2.75, 3.05) is 0 Å². The van der Waals surface area contributed by atoms with Crippen molar-refractivity contribution in [3.8, 4) is 0 Å². The van der Waals surface area contributed by atoms with Crippen molar-refractivity contribution < 1.29 is 0 Å². The highest BCUT2D eigenvalue weighted by Crippen LogP contribution is 2.11. The van der Waals surface area contributed by atoms with Crippen LogP contribution in [0.2, 0.25) is 0 Å². The summed E-state index contributed by atoms with van der Waals surface area (Å²) in [6, 6.07) is 6.45. The van der Waals surface area contributed by atoms with Gasteiger partial charge in [0.25, 0.3) is 0 Å². The van der Waals surface area contributed by atoms with Gasteiger partial charge in [-0.1, -0.05) is 6.07 Å². The minimum atomic E-state index is 0.281. The fourth-order valence-corrected chi connectivity index (χ4v) is 1.79. The normalized spacial score (nSPS) is 12.6. The van der Waals surface area contributed by atoms with Gasteiger partial charge in [0.15, 0.2) is 0 Å². The van der Waals surface area contributed by atoms with Gasteiger partial charge in [0, 0.05) is 37.7 Å². The van der Waals surface area contributed by atoms with Crippen LogP contribution in [0.3, 0.4) is 0 Å². The number of pyridine rings is 1. The lowest BCUT2D eigenvalue weighted by Crippen LogP contribution is -2.20. The van der Waals surface area contributed by atoms with Gasteiger partial charge in [-0.3, -0.25) is 9.67 Å². The third-order valence-electron chi connectivity index (χ3n) is 2.89. The minimum absolute atomic E-state index is 0.281. The van der Waals surface area contributed by atoms with E-state index in [0.717, 1.165) is 12.2 Å². The number of aromatic nitrogens is 3. The maximum atomic E-state index is 4.28. The van der Waals surface area contributed by atoms with Crippen molar-refractivity contribution >= 4 is 0 Å². The molecule has 0 saturated carbocycles. The largest absolute Gasteiger partial charge is 0.305 e. The number of rotatable bonds is 4. The number of hydrogen-bond acceptors (Lipinski definition) is 3. The van der Waals surface area contributed by atoms with Crippen LogP contribution in [0.15, 0.2) is 30.6 Å². The molecule has 90 valence electrons. The predicted octanol–water partition coefficient (Wildman–Crippen LogP) is 1.97. The number of hydrogen-bond donors (Lipinski definition) is 1. The highest BCUT2D eigenvalue weighted by Gasteiger charge is 2.08. The van der Waals surface area contributed by atoms with Gasteiger partial charge in [-0.2, -0.15) is 5.10 Å². The van der Waals surface area contributed by atoms with Gasteiger partial charge in [0.05, 0.1) is 5.69 Å². The monoisotopic (exact) mass is 230 g/mol. The molecule has 0 spiro atoms. The van der Waals surface area contributed by atoms with Crippen LogP contribution in [0, 0.1) is 6.92 Å². The van der Waals surface area contributed by atoms with Gasteiger partial charge in [0.2, 0.25) is 0 Å². The van der Waals surface area contributed by atoms with Gasteiger partial charge >= 0.3 is 0 Å². The van der Waals surface area contributed by atoms with Crippen LogP contribution in [-0.4, -0.2) is 14.8 Å². The molecule has 0 aliphatic carbocycles. The van der Waals surface area contributed by atoms with E-state index in [9.17, 15) is 0 Å². The summed E-state index contributed by atoms with van der Waals surface area (Å²) in [5.74, 6) is 0. The molecule has 2 aromatic rings. The molecule has 0 aromatic carbocycles. The average Bonchev–Trinajstić information content (AvgIpc) is 2.74. The molecule has 0 aliphatic heterocycles. The summed E-state index contributed by atoms with van der Waals surface area (Å²) in [5, 5.41) is 7.63. The Hall–Kier alpha value is -1.68. The molecule has 1 atom stereocenters. The first kappa shape index (κ1) is 11.8. The Morgan fingerprint density at radius 1 is 1.35 bits per heavy atom. The number of aryl methyl sites for hydroxylation is 2. The molecular formula is C13H18N4. The third-order valence-corrected chi connectivity index (χ3v) is 2.89. The lowest BCUT2D eigenvalue weighted by Gasteiger charge is -2.14. The first-order valence-corrected chi connectivity index (χ1v) is 5.79. The molecule has 2 rings (SSSR count). The molecule has 4 heteroatoms. The molecule has 4 nitrogen and oxygen atoms in total. The molecule has 1 unspecified atom stereocenters. The summed E-state index contributed by atoms with van der Waals surface area (Å²) in [6.07, 6.45) is 3.74. The van der Waals surface area contributed by atoms with E-state index in [4.69, 9.17) is 0 Å². The van der Waals surface area contributed by atoms with Crippen molar-refractivity contribution in [1.82, 2.24) is 20.1 Å². The summed E-state index contributed by atoms with van der Waals surface area (Å²) in [7, 11) is 1.96. The summed E-state index contributed by atoms with van der Waals surface area (Å²) < 4.78 is 1.89. The molecule has 1 N–H and O–H groups in total. The second-order valence-electron chi connectivity index (χ2n) is 4.29. The van der Waals surface area contributed by atoms with Gasteiger partial charge in [-0.15, -0.1) is 0 Å². The van der Waals surface area contributed by atoms with Gasteiger partial charge < -0.3 is 5.32 Å². The summed E-state index contributed by atoms with van der Waals surface area (Å²) in [4.78, 5) is 4.28. The van der Waals surface area contributed by atoms with E-state index in [1.807, 2.05) is 43.2 Å². The van der Waals surface area contributed by atoms with Crippen LogP contribution in [0.4, 0.5) is 0 Å². The van der Waals surface area contributed by atoms with Crippen LogP contribution in [0.1, 0.15) is 29.9 Å². The van der Waals surface area contributed by atoms with Crippen molar-refractivity contribution in [2.24, 2.45) is 7.05 Å². The average molecular weight is 230 g/mol. The lowest BCUT2D eigenvalue weighted by atomic mass is 10.2. The van der Waals surface area contributed by atoms with Crippen molar-refractivity contribution in [3.05, 3.63) is 47.5 Å². The van der Waals surface area contributed by atoms with Crippen molar-refractivity contribution in [3.63, 3.8) is 0 Å². The summed E-state index contributed by atoms with van der Waals surface area (Å²) in [5.41, 5.74) is 3.43. The molecule has 0 aliphatic rings. The second-order valence-corrected chi connectivity index (χ2v) is 4.29. The Balaban J connectivity index is 1.94. The first-order valence-electron chi connectivity index (χ1n) is 5.79. The quantitative estimate of drug-likeness (QED) is 0.873. The zero-order chi connectivity index (χ0) is 12.3. The minimum Gasteiger partial charge on any atom is -0.305 e. The Labute approximate surface area is 102 Å². The maximum absolute atomic E-state index is 4.28. The SMILES string of the molecule is Cc1ccc(CNC(C)c2ccnn2C)cn1. The molecule has 0 saturated heterocycles. The molecular weight excluding hydrogens is 212 g/mol. The topological polar surface area (TPSA) is 42.7 Å². The van der Waals surface area contributed by atoms with Crippen LogP contribution in [0.5, 0.6) is 0 Å². The standard InChI is InChI=1S/C13H18N4/c1-10-4-5-12(8-14-10)9-15-11(2)13-6-7-16-17(13)3/h4-8,11,15H,9H2,1-3H3. The highest BCUT2D eigenvalue weighted by molar-refractivity contribution is 5.13. The van der Waals surface area contributed by atoms with E-state index >= 15 is 0 Å². The van der Waals surface area contributed by atoms with Gasteiger partial charge in [0.1, 0.15) is 0 Å². The van der Waals surface area contributed by atoms with Crippen LogP contribution >= 0.6 is 0 Å². The fraction of sp³-hybridized carbons (Fsp3) is 0.385.